The van der Waals surface area contributed by atoms with Crippen LogP contribution >= 0.6 is 11.3 Å². The maximum absolute atomic E-state index is 12.7. The monoisotopic (exact) mass is 415 g/mol. The molecule has 0 saturated carbocycles. The molecule has 3 aromatic rings. The van der Waals surface area contributed by atoms with Crippen molar-refractivity contribution >= 4 is 33.0 Å². The Morgan fingerprint density at radius 1 is 1.14 bits per heavy atom. The zero-order valence-corrected chi connectivity index (χ0v) is 17.3. The number of carbonyl (C=O) groups excluding carboxylic acids is 1. The minimum absolute atomic E-state index is 0.172. The average molecular weight is 416 g/mol. The SMILES string of the molecule is CCN(CC(=O)Nc1cccc(-c2csc(C)n2)c1)S(=O)(=O)c1ccccc1. The van der Waals surface area contributed by atoms with Gasteiger partial charge in [-0.3, -0.25) is 4.79 Å². The van der Waals surface area contributed by atoms with E-state index in [1.54, 1.807) is 42.5 Å². The summed E-state index contributed by atoms with van der Waals surface area (Å²) in [6.45, 7) is 3.59. The van der Waals surface area contributed by atoms with Gasteiger partial charge in [0.2, 0.25) is 15.9 Å². The molecule has 0 aliphatic carbocycles. The predicted molar refractivity (Wildman–Crippen MR) is 112 cm³/mol. The highest BCUT2D eigenvalue weighted by Crippen LogP contribution is 2.24. The molecule has 28 heavy (non-hydrogen) atoms. The molecule has 1 N–H and O–H groups in total. The van der Waals surface area contributed by atoms with Crippen molar-refractivity contribution in [1.82, 2.24) is 9.29 Å². The third kappa shape index (κ3) is 4.64. The summed E-state index contributed by atoms with van der Waals surface area (Å²) in [6, 6.07) is 15.5. The maximum atomic E-state index is 12.7. The van der Waals surface area contributed by atoms with Crippen molar-refractivity contribution in [2.24, 2.45) is 0 Å². The van der Waals surface area contributed by atoms with Crippen LogP contribution < -0.4 is 5.32 Å². The highest BCUT2D eigenvalue weighted by molar-refractivity contribution is 7.89. The second-order valence-electron chi connectivity index (χ2n) is 6.13. The van der Waals surface area contributed by atoms with E-state index < -0.39 is 15.9 Å². The molecule has 6 nitrogen and oxygen atoms in total. The molecule has 0 aliphatic heterocycles. The Hall–Kier alpha value is -2.55. The fourth-order valence-corrected chi connectivity index (χ4v) is 4.77. The molecular weight excluding hydrogens is 394 g/mol. The third-order valence-electron chi connectivity index (χ3n) is 4.11. The van der Waals surface area contributed by atoms with Gasteiger partial charge in [-0.05, 0) is 31.2 Å². The Bertz CT molecular complexity index is 1060. The van der Waals surface area contributed by atoms with E-state index in [9.17, 15) is 13.2 Å². The summed E-state index contributed by atoms with van der Waals surface area (Å²) < 4.78 is 26.6. The van der Waals surface area contributed by atoms with Crippen molar-refractivity contribution in [2.75, 3.05) is 18.4 Å². The van der Waals surface area contributed by atoms with Crippen molar-refractivity contribution in [3.8, 4) is 11.3 Å². The number of aryl methyl sites for hydroxylation is 1. The second kappa shape index (κ2) is 8.64. The maximum Gasteiger partial charge on any atom is 0.243 e. The third-order valence-corrected chi connectivity index (χ3v) is 6.82. The molecule has 0 radical (unpaired) electrons. The molecule has 0 aliphatic rings. The zero-order chi connectivity index (χ0) is 20.1. The molecule has 1 heterocycles. The lowest BCUT2D eigenvalue weighted by Gasteiger charge is -2.20. The first kappa shape index (κ1) is 20.2. The van der Waals surface area contributed by atoms with Crippen LogP contribution in [0.5, 0.6) is 0 Å². The molecule has 146 valence electrons. The van der Waals surface area contributed by atoms with Crippen molar-refractivity contribution in [2.45, 2.75) is 18.7 Å². The highest BCUT2D eigenvalue weighted by atomic mass is 32.2. The molecule has 0 fully saturated rings. The van der Waals surface area contributed by atoms with Gasteiger partial charge in [0.25, 0.3) is 0 Å². The van der Waals surface area contributed by atoms with Crippen LogP contribution in [0.2, 0.25) is 0 Å². The van der Waals surface area contributed by atoms with E-state index in [1.807, 2.05) is 30.5 Å². The summed E-state index contributed by atoms with van der Waals surface area (Å²) in [4.78, 5) is 17.1. The van der Waals surface area contributed by atoms with E-state index in [4.69, 9.17) is 0 Å². The first-order chi connectivity index (χ1) is 13.4. The van der Waals surface area contributed by atoms with Crippen LogP contribution in [-0.4, -0.2) is 36.7 Å². The molecular formula is C20H21N3O3S2. The van der Waals surface area contributed by atoms with Gasteiger partial charge in [-0.15, -0.1) is 11.3 Å². The minimum Gasteiger partial charge on any atom is -0.325 e. The number of likely N-dealkylation sites (N-methyl/N-ethyl adjacent to an activating group) is 1. The van der Waals surface area contributed by atoms with Crippen molar-refractivity contribution in [3.05, 3.63) is 65.0 Å². The number of anilines is 1. The summed E-state index contributed by atoms with van der Waals surface area (Å²) >= 11 is 1.56. The Morgan fingerprint density at radius 2 is 1.89 bits per heavy atom. The number of carbonyl (C=O) groups is 1. The first-order valence-corrected chi connectivity index (χ1v) is 11.1. The van der Waals surface area contributed by atoms with Gasteiger partial charge in [-0.2, -0.15) is 4.31 Å². The van der Waals surface area contributed by atoms with Crippen molar-refractivity contribution in [1.29, 1.82) is 0 Å². The van der Waals surface area contributed by atoms with Gasteiger partial charge in [0.05, 0.1) is 22.1 Å². The minimum atomic E-state index is -3.72. The number of benzene rings is 2. The molecule has 0 atom stereocenters. The number of sulfonamides is 1. The lowest BCUT2D eigenvalue weighted by Crippen LogP contribution is -2.37. The largest absolute Gasteiger partial charge is 0.325 e. The lowest BCUT2D eigenvalue weighted by molar-refractivity contribution is -0.116. The molecule has 8 heteroatoms. The van der Waals surface area contributed by atoms with E-state index in [0.29, 0.717) is 5.69 Å². The number of aromatic nitrogens is 1. The first-order valence-electron chi connectivity index (χ1n) is 8.78. The van der Waals surface area contributed by atoms with E-state index >= 15 is 0 Å². The van der Waals surface area contributed by atoms with E-state index in [-0.39, 0.29) is 18.0 Å². The standard InChI is InChI=1S/C20H21N3O3S2/c1-3-23(28(25,26)18-10-5-4-6-11-18)13-20(24)22-17-9-7-8-16(12-17)19-14-27-15(2)21-19/h4-12,14H,3,13H2,1-2H3,(H,22,24). The van der Waals surface area contributed by atoms with E-state index in [1.165, 1.54) is 12.1 Å². The number of nitrogens with zero attached hydrogens (tertiary/aromatic N) is 2. The normalized spacial score (nSPS) is 11.5. The highest BCUT2D eigenvalue weighted by Gasteiger charge is 2.25. The molecule has 0 bridgehead atoms. The van der Waals surface area contributed by atoms with E-state index in [0.717, 1.165) is 20.6 Å². The van der Waals surface area contributed by atoms with E-state index in [2.05, 4.69) is 10.3 Å². The quantitative estimate of drug-likeness (QED) is 0.637. The van der Waals surface area contributed by atoms with Gasteiger partial charge >= 0.3 is 0 Å². The average Bonchev–Trinajstić information content (AvgIpc) is 3.13. The molecule has 1 amide bonds. The number of amides is 1. The van der Waals surface area contributed by atoms with Crippen molar-refractivity contribution < 1.29 is 13.2 Å². The fourth-order valence-electron chi connectivity index (χ4n) is 2.72. The Morgan fingerprint density at radius 3 is 2.54 bits per heavy atom. The summed E-state index contributed by atoms with van der Waals surface area (Å²) in [7, 11) is -3.72. The van der Waals surface area contributed by atoms with Crippen LogP contribution in [0.15, 0.2) is 64.9 Å². The Labute approximate surface area is 168 Å². The smallest absolute Gasteiger partial charge is 0.243 e. The van der Waals surface area contributed by atoms with Crippen LogP contribution in [0.3, 0.4) is 0 Å². The van der Waals surface area contributed by atoms with Crippen LogP contribution in [0.25, 0.3) is 11.3 Å². The summed E-state index contributed by atoms with van der Waals surface area (Å²) in [5, 5.41) is 5.70. The lowest BCUT2D eigenvalue weighted by atomic mass is 10.1. The number of rotatable bonds is 7. The van der Waals surface area contributed by atoms with Crippen molar-refractivity contribution in [3.63, 3.8) is 0 Å². The Balaban J connectivity index is 1.73. The number of hydrogen-bond acceptors (Lipinski definition) is 5. The number of hydrogen-bond donors (Lipinski definition) is 1. The summed E-state index contributed by atoms with van der Waals surface area (Å²) in [6.07, 6.45) is 0. The fraction of sp³-hybridized carbons (Fsp3) is 0.200. The predicted octanol–water partition coefficient (Wildman–Crippen LogP) is 3.77. The molecule has 2 aromatic carbocycles. The topological polar surface area (TPSA) is 79.4 Å². The summed E-state index contributed by atoms with van der Waals surface area (Å²) in [5.74, 6) is -0.395. The molecule has 0 unspecified atom stereocenters. The van der Waals surface area contributed by atoms with Crippen LogP contribution in [0, 0.1) is 6.92 Å². The number of thiazole rings is 1. The Kier molecular flexibility index (Phi) is 6.23. The van der Waals surface area contributed by atoms with Gasteiger partial charge in [0.15, 0.2) is 0 Å². The number of nitrogens with one attached hydrogen (secondary N) is 1. The van der Waals surface area contributed by atoms with Gasteiger partial charge < -0.3 is 5.32 Å². The summed E-state index contributed by atoms with van der Waals surface area (Å²) in [5.41, 5.74) is 2.34. The van der Waals surface area contributed by atoms with Gasteiger partial charge in [-0.25, -0.2) is 13.4 Å². The second-order valence-corrected chi connectivity index (χ2v) is 9.13. The molecule has 1 aromatic heterocycles. The van der Waals surface area contributed by atoms with Gasteiger partial charge in [-0.1, -0.05) is 37.3 Å². The van der Waals surface area contributed by atoms with Gasteiger partial charge in [0, 0.05) is 23.2 Å². The van der Waals surface area contributed by atoms with Crippen LogP contribution in [-0.2, 0) is 14.8 Å². The van der Waals surface area contributed by atoms with Gasteiger partial charge in [0.1, 0.15) is 0 Å². The van der Waals surface area contributed by atoms with Crippen LogP contribution in [0.4, 0.5) is 5.69 Å². The van der Waals surface area contributed by atoms with Crippen LogP contribution in [0.1, 0.15) is 11.9 Å². The molecule has 0 spiro atoms. The molecule has 0 saturated heterocycles. The zero-order valence-electron chi connectivity index (χ0n) is 15.6. The molecule has 3 rings (SSSR count).